The van der Waals surface area contributed by atoms with Gasteiger partial charge in [-0.3, -0.25) is 9.59 Å². The lowest BCUT2D eigenvalue weighted by Crippen LogP contribution is -2.42. The van der Waals surface area contributed by atoms with Gasteiger partial charge in [0, 0.05) is 23.1 Å². The van der Waals surface area contributed by atoms with E-state index >= 15 is 0 Å². The van der Waals surface area contributed by atoms with Crippen LogP contribution < -0.4 is 0 Å². The Balaban J connectivity index is 1.80. The maximum absolute atomic E-state index is 13.0. The summed E-state index contributed by atoms with van der Waals surface area (Å²) < 4.78 is 11.7. The molecule has 1 aliphatic carbocycles. The van der Waals surface area contributed by atoms with Crippen LogP contribution in [0, 0.1) is 0 Å². The summed E-state index contributed by atoms with van der Waals surface area (Å²) >= 11 is 0. The van der Waals surface area contributed by atoms with Gasteiger partial charge >= 0.3 is 0 Å². The molecule has 0 bridgehead atoms. The summed E-state index contributed by atoms with van der Waals surface area (Å²) in [6.45, 7) is 4.80. The van der Waals surface area contributed by atoms with Crippen molar-refractivity contribution in [2.45, 2.75) is 44.7 Å². The molecule has 2 atom stereocenters. The van der Waals surface area contributed by atoms with Crippen LogP contribution in [-0.4, -0.2) is 51.0 Å². The molecule has 1 aliphatic heterocycles. The maximum Gasteiger partial charge on any atom is 0.198 e. The van der Waals surface area contributed by atoms with Gasteiger partial charge in [0.15, 0.2) is 17.4 Å². The molecule has 2 aromatic carbocycles. The van der Waals surface area contributed by atoms with Crippen LogP contribution in [0.25, 0.3) is 0 Å². The van der Waals surface area contributed by atoms with E-state index in [1.54, 1.807) is 32.9 Å². The van der Waals surface area contributed by atoms with E-state index < -0.39 is 29.1 Å². The first kappa shape index (κ1) is 19.6. The predicted molar refractivity (Wildman–Crippen MR) is 102 cm³/mol. The molecule has 7 heteroatoms. The lowest BCUT2D eigenvalue weighted by Gasteiger charge is -2.27. The van der Waals surface area contributed by atoms with Crippen molar-refractivity contribution in [1.29, 1.82) is 0 Å². The van der Waals surface area contributed by atoms with Gasteiger partial charge in [-0.2, -0.15) is 0 Å². The van der Waals surface area contributed by atoms with Crippen LogP contribution in [0.4, 0.5) is 0 Å². The summed E-state index contributed by atoms with van der Waals surface area (Å²) in [6, 6.07) is 7.56. The molecule has 1 saturated heterocycles. The number of ketones is 2. The third-order valence-electron chi connectivity index (χ3n) is 5.53. The molecule has 152 valence electrons. The van der Waals surface area contributed by atoms with Crippen LogP contribution >= 0.6 is 0 Å². The van der Waals surface area contributed by atoms with E-state index in [-0.39, 0.29) is 52.3 Å². The zero-order valence-corrected chi connectivity index (χ0v) is 16.4. The topological polar surface area (TPSA) is 113 Å². The minimum atomic E-state index is -1.03. The van der Waals surface area contributed by atoms with Crippen molar-refractivity contribution in [3.05, 3.63) is 58.1 Å². The Kier molecular flexibility index (Phi) is 4.31. The number of fused-ring (bicyclic) bond motifs is 2. The largest absolute Gasteiger partial charge is 0.507 e. The Morgan fingerprint density at radius 1 is 1.00 bits per heavy atom. The highest BCUT2D eigenvalue weighted by Gasteiger charge is 2.50. The van der Waals surface area contributed by atoms with Crippen molar-refractivity contribution >= 4 is 11.6 Å². The first-order chi connectivity index (χ1) is 13.6. The fourth-order valence-electron chi connectivity index (χ4n) is 4.18. The number of carbonyl (C=O) groups excluding carboxylic acids is 2. The average Bonchev–Trinajstić information content (AvgIpc) is 2.91. The first-order valence-corrected chi connectivity index (χ1v) is 9.33. The minimum absolute atomic E-state index is 0.0658. The van der Waals surface area contributed by atoms with E-state index in [1.807, 2.05) is 0 Å². The number of benzene rings is 2. The summed E-state index contributed by atoms with van der Waals surface area (Å²) in [5, 5.41) is 31.2. The first-order valence-electron chi connectivity index (χ1n) is 9.33. The normalized spacial score (nSPS) is 25.0. The molecule has 29 heavy (non-hydrogen) atoms. The smallest absolute Gasteiger partial charge is 0.198 e. The molecule has 1 fully saturated rings. The Hall–Kier alpha value is -2.74. The van der Waals surface area contributed by atoms with Crippen molar-refractivity contribution in [3.8, 4) is 11.5 Å². The maximum atomic E-state index is 13.0. The van der Waals surface area contributed by atoms with Crippen LogP contribution in [-0.2, 0) is 15.9 Å². The Bertz CT molecular complexity index is 1040. The predicted octanol–water partition coefficient (Wildman–Crippen LogP) is 2.32. The molecule has 1 heterocycles. The van der Waals surface area contributed by atoms with Gasteiger partial charge in [0.1, 0.15) is 17.1 Å². The minimum Gasteiger partial charge on any atom is -0.507 e. The number of phenolic OH excluding ortho intramolecular Hbond substituents is 2. The van der Waals surface area contributed by atoms with Gasteiger partial charge in [-0.25, -0.2) is 0 Å². The summed E-state index contributed by atoms with van der Waals surface area (Å²) in [4.78, 5) is 25.8. The van der Waals surface area contributed by atoms with Crippen LogP contribution in [0.1, 0.15) is 58.2 Å². The van der Waals surface area contributed by atoms with Gasteiger partial charge in [0.05, 0.1) is 23.8 Å². The Morgan fingerprint density at radius 3 is 2.17 bits per heavy atom. The molecular weight excluding hydrogens is 376 g/mol. The molecule has 0 saturated carbocycles. The van der Waals surface area contributed by atoms with E-state index in [9.17, 15) is 24.9 Å². The van der Waals surface area contributed by atoms with E-state index in [2.05, 4.69) is 0 Å². The van der Waals surface area contributed by atoms with Crippen LogP contribution in [0.3, 0.4) is 0 Å². The van der Waals surface area contributed by atoms with E-state index in [1.165, 1.54) is 18.2 Å². The number of rotatable bonds is 3. The molecular formula is C22H22O7. The van der Waals surface area contributed by atoms with Crippen LogP contribution in [0.15, 0.2) is 30.3 Å². The standard InChI is InChI=1S/C22H22O7/c1-21(2)28-15(22(3,10-23)29-21)9-11-8-14(24)16-17(18(11)25)20(27)13-7-5-4-6-12(13)19(16)26/h4-8,15,23-25H,9-10H2,1-3H3/t15-,22+/m1/s1. The van der Waals surface area contributed by atoms with E-state index in [4.69, 9.17) is 9.47 Å². The number of aliphatic hydroxyl groups excluding tert-OH is 1. The van der Waals surface area contributed by atoms with Gasteiger partial charge in [-0.05, 0) is 26.8 Å². The number of aliphatic hydroxyl groups is 1. The molecule has 0 amide bonds. The number of phenols is 2. The van der Waals surface area contributed by atoms with Gasteiger partial charge < -0.3 is 24.8 Å². The van der Waals surface area contributed by atoms with Gasteiger partial charge in [-0.1, -0.05) is 24.3 Å². The fraction of sp³-hybridized carbons (Fsp3) is 0.364. The third-order valence-corrected chi connectivity index (χ3v) is 5.53. The highest BCUT2D eigenvalue weighted by molar-refractivity contribution is 6.30. The number of hydrogen-bond donors (Lipinski definition) is 3. The lowest BCUT2D eigenvalue weighted by atomic mass is 9.81. The SMILES string of the molecule is CC1(C)O[C@H](Cc2cc(O)c3c(c2O)C(=O)c2ccccc2C3=O)[C@](C)(CO)O1. The van der Waals surface area contributed by atoms with Gasteiger partial charge in [0.2, 0.25) is 0 Å². The van der Waals surface area contributed by atoms with Crippen LogP contribution in [0.5, 0.6) is 11.5 Å². The third kappa shape index (κ3) is 2.93. The number of hydrogen-bond acceptors (Lipinski definition) is 7. The van der Waals surface area contributed by atoms with E-state index in [0.29, 0.717) is 0 Å². The average molecular weight is 398 g/mol. The number of aromatic hydroxyl groups is 2. The molecule has 7 nitrogen and oxygen atoms in total. The molecule has 0 radical (unpaired) electrons. The van der Waals surface area contributed by atoms with Gasteiger partial charge in [0.25, 0.3) is 0 Å². The van der Waals surface area contributed by atoms with Crippen molar-refractivity contribution < 1.29 is 34.4 Å². The second kappa shape index (κ2) is 6.38. The molecule has 2 aliphatic rings. The van der Waals surface area contributed by atoms with Crippen molar-refractivity contribution in [1.82, 2.24) is 0 Å². The summed E-state index contributed by atoms with van der Waals surface area (Å²) in [6.07, 6.45) is -0.580. The summed E-state index contributed by atoms with van der Waals surface area (Å²) in [5.41, 5.74) is -0.856. The number of ether oxygens (including phenoxy) is 2. The monoisotopic (exact) mass is 398 g/mol. The zero-order valence-electron chi connectivity index (χ0n) is 16.4. The number of carbonyl (C=O) groups is 2. The highest BCUT2D eigenvalue weighted by Crippen LogP contribution is 2.43. The zero-order chi connectivity index (χ0) is 21.1. The quantitative estimate of drug-likeness (QED) is 0.580. The highest BCUT2D eigenvalue weighted by atomic mass is 16.8. The molecule has 0 spiro atoms. The second-order valence-electron chi connectivity index (χ2n) is 8.14. The Labute approximate surface area is 167 Å². The van der Waals surface area contributed by atoms with Gasteiger partial charge in [-0.15, -0.1) is 0 Å². The summed E-state index contributed by atoms with van der Waals surface area (Å²) in [7, 11) is 0. The van der Waals surface area contributed by atoms with Crippen molar-refractivity contribution in [2.75, 3.05) is 6.61 Å². The summed E-state index contributed by atoms with van der Waals surface area (Å²) in [5.74, 6) is -2.75. The molecule has 4 rings (SSSR count). The second-order valence-corrected chi connectivity index (χ2v) is 8.14. The van der Waals surface area contributed by atoms with Crippen molar-refractivity contribution in [3.63, 3.8) is 0 Å². The molecule has 3 N–H and O–H groups in total. The molecule has 2 aromatic rings. The van der Waals surface area contributed by atoms with Crippen LogP contribution in [0.2, 0.25) is 0 Å². The Morgan fingerprint density at radius 2 is 1.59 bits per heavy atom. The molecule has 0 aromatic heterocycles. The lowest BCUT2D eigenvalue weighted by molar-refractivity contribution is -0.166. The molecule has 0 unspecified atom stereocenters. The van der Waals surface area contributed by atoms with E-state index in [0.717, 1.165) is 0 Å². The van der Waals surface area contributed by atoms with Crippen molar-refractivity contribution in [2.24, 2.45) is 0 Å². The fourth-order valence-corrected chi connectivity index (χ4v) is 4.18.